The van der Waals surface area contributed by atoms with Crippen molar-refractivity contribution in [2.24, 2.45) is 0 Å². The second-order valence-corrected chi connectivity index (χ2v) is 7.94. The Kier molecular flexibility index (Phi) is 9.82. The summed E-state index contributed by atoms with van der Waals surface area (Å²) in [6.07, 6.45) is 2.23. The van der Waals surface area contributed by atoms with Crippen LogP contribution in [-0.2, 0) is 0 Å². The zero-order valence-corrected chi connectivity index (χ0v) is 20.3. The minimum Gasteiger partial charge on any atom is -0.497 e. The van der Waals surface area contributed by atoms with Gasteiger partial charge in [0.1, 0.15) is 11.6 Å². The third-order valence-electron chi connectivity index (χ3n) is 5.40. The average Bonchev–Trinajstić information content (AvgIpc) is 2.76. The molecule has 0 bridgehead atoms. The molecule has 0 aliphatic heterocycles. The summed E-state index contributed by atoms with van der Waals surface area (Å²) in [6, 6.07) is 13.9. The van der Waals surface area contributed by atoms with Crippen molar-refractivity contribution in [2.75, 3.05) is 32.1 Å². The van der Waals surface area contributed by atoms with Crippen LogP contribution in [0.1, 0.15) is 33.6 Å². The minimum absolute atomic E-state index is 0. The van der Waals surface area contributed by atoms with Crippen LogP contribution in [0.2, 0.25) is 5.02 Å². The molecular weight excluding hydrogens is 431 g/mol. The zero-order chi connectivity index (χ0) is 21.5. The molecule has 1 heterocycles. The van der Waals surface area contributed by atoms with Gasteiger partial charge in [-0.15, -0.1) is 12.4 Å². The molecule has 0 spiro atoms. The number of methoxy groups -OCH3 is 1. The molecule has 3 rings (SSSR count). The van der Waals surface area contributed by atoms with E-state index in [0.717, 1.165) is 60.5 Å². The Balaban J connectivity index is 0.00000341. The van der Waals surface area contributed by atoms with Gasteiger partial charge in [0, 0.05) is 22.0 Å². The number of fused-ring (bicyclic) bond motifs is 1. The highest BCUT2D eigenvalue weighted by Crippen LogP contribution is 2.28. The predicted molar refractivity (Wildman–Crippen MR) is 134 cm³/mol. The second kappa shape index (κ2) is 12.1. The second-order valence-electron chi connectivity index (χ2n) is 7.50. The summed E-state index contributed by atoms with van der Waals surface area (Å²) in [5.41, 5.74) is 1.77. The number of hydrogen-bond acceptors (Lipinski definition) is 5. The fourth-order valence-corrected chi connectivity index (χ4v) is 3.71. The fourth-order valence-electron chi connectivity index (χ4n) is 3.55. The Morgan fingerprint density at radius 3 is 2.42 bits per heavy atom. The van der Waals surface area contributed by atoms with Crippen LogP contribution < -0.4 is 10.1 Å². The van der Waals surface area contributed by atoms with Gasteiger partial charge in [0.25, 0.3) is 0 Å². The lowest BCUT2D eigenvalue weighted by atomic mass is 10.1. The molecule has 1 aromatic heterocycles. The average molecular weight is 463 g/mol. The van der Waals surface area contributed by atoms with E-state index in [2.05, 4.69) is 31.0 Å². The number of nitrogens with one attached hydrogen (secondary N) is 1. The number of hydrogen-bond donors (Lipinski definition) is 1. The molecule has 5 nitrogen and oxygen atoms in total. The van der Waals surface area contributed by atoms with Crippen LogP contribution in [0.5, 0.6) is 5.75 Å². The maximum atomic E-state index is 6.24. The van der Waals surface area contributed by atoms with Gasteiger partial charge in [-0.05, 0) is 81.9 Å². The highest BCUT2D eigenvalue weighted by Gasteiger charge is 2.13. The van der Waals surface area contributed by atoms with Gasteiger partial charge in [0.15, 0.2) is 5.82 Å². The van der Waals surface area contributed by atoms with Gasteiger partial charge in [-0.2, -0.15) is 0 Å². The largest absolute Gasteiger partial charge is 0.497 e. The third-order valence-corrected chi connectivity index (χ3v) is 5.63. The van der Waals surface area contributed by atoms with E-state index >= 15 is 0 Å². The van der Waals surface area contributed by atoms with Gasteiger partial charge < -0.3 is 15.0 Å². The van der Waals surface area contributed by atoms with E-state index < -0.39 is 0 Å². The van der Waals surface area contributed by atoms with E-state index in [9.17, 15) is 0 Å². The molecule has 0 aliphatic rings. The first-order valence-corrected chi connectivity index (χ1v) is 11.0. The Morgan fingerprint density at radius 1 is 1.06 bits per heavy atom. The van der Waals surface area contributed by atoms with Crippen molar-refractivity contribution in [3.63, 3.8) is 0 Å². The maximum absolute atomic E-state index is 6.24. The number of benzene rings is 2. The van der Waals surface area contributed by atoms with Gasteiger partial charge in [0.2, 0.25) is 0 Å². The van der Waals surface area contributed by atoms with Gasteiger partial charge in [-0.1, -0.05) is 25.4 Å². The van der Waals surface area contributed by atoms with Gasteiger partial charge in [0.05, 0.1) is 12.6 Å². The first-order chi connectivity index (χ1) is 14.5. The van der Waals surface area contributed by atoms with E-state index in [1.54, 1.807) is 7.11 Å². The molecule has 7 heteroatoms. The lowest BCUT2D eigenvalue weighted by Crippen LogP contribution is -2.25. The van der Waals surface area contributed by atoms with Crippen LogP contribution >= 0.6 is 24.0 Å². The number of rotatable bonds is 10. The van der Waals surface area contributed by atoms with Crippen molar-refractivity contribution >= 4 is 40.7 Å². The number of aromatic nitrogens is 2. The molecule has 1 atom stereocenters. The molecule has 0 radical (unpaired) electrons. The summed E-state index contributed by atoms with van der Waals surface area (Å²) >= 11 is 6.24. The molecule has 0 fully saturated rings. The number of anilines is 1. The van der Waals surface area contributed by atoms with Crippen LogP contribution in [0.4, 0.5) is 5.82 Å². The summed E-state index contributed by atoms with van der Waals surface area (Å²) in [6.45, 7) is 9.95. The van der Waals surface area contributed by atoms with Gasteiger partial charge in [-0.3, -0.25) is 0 Å². The Bertz CT molecular complexity index is 962. The molecule has 2 aromatic carbocycles. The van der Waals surface area contributed by atoms with Crippen molar-refractivity contribution in [2.45, 2.75) is 39.7 Å². The zero-order valence-electron chi connectivity index (χ0n) is 18.7. The fraction of sp³-hybridized carbons (Fsp3) is 0.417. The first kappa shape index (κ1) is 25.2. The summed E-state index contributed by atoms with van der Waals surface area (Å²) in [5.74, 6) is 2.32. The van der Waals surface area contributed by atoms with Crippen molar-refractivity contribution in [3.8, 4) is 17.1 Å². The molecule has 1 unspecified atom stereocenters. The summed E-state index contributed by atoms with van der Waals surface area (Å²) < 4.78 is 5.26. The SMILES string of the molecule is CCN(CC)CCCC(C)Nc1nc(-c2ccc(OC)cc2)nc2cc(Cl)ccc12.Cl. The van der Waals surface area contributed by atoms with Crippen molar-refractivity contribution in [1.29, 1.82) is 0 Å². The third kappa shape index (κ3) is 6.70. The van der Waals surface area contributed by atoms with Gasteiger partial charge in [-0.25, -0.2) is 9.97 Å². The monoisotopic (exact) mass is 462 g/mol. The molecule has 0 saturated carbocycles. The standard InChI is InChI=1S/C24H31ClN4O.ClH/c1-5-29(6-2)15-7-8-17(3)26-24-21-14-11-19(25)16-22(21)27-23(28-24)18-9-12-20(30-4)13-10-18;/h9-14,16-17H,5-8,15H2,1-4H3,(H,26,27,28);1H. The molecule has 1 N–H and O–H groups in total. The van der Waals surface area contributed by atoms with Crippen LogP contribution in [0.25, 0.3) is 22.3 Å². The maximum Gasteiger partial charge on any atom is 0.162 e. The first-order valence-electron chi connectivity index (χ1n) is 10.6. The highest BCUT2D eigenvalue weighted by atomic mass is 35.5. The van der Waals surface area contributed by atoms with Crippen LogP contribution in [0.3, 0.4) is 0 Å². The predicted octanol–water partition coefficient (Wildman–Crippen LogP) is 6.30. The summed E-state index contributed by atoms with van der Waals surface area (Å²) in [7, 11) is 1.66. The van der Waals surface area contributed by atoms with E-state index in [1.807, 2.05) is 42.5 Å². The number of ether oxygens (including phenoxy) is 1. The lowest BCUT2D eigenvalue weighted by Gasteiger charge is -2.20. The normalized spacial score (nSPS) is 11.9. The molecular formula is C24H32Cl2N4O. The van der Waals surface area contributed by atoms with E-state index in [4.69, 9.17) is 26.3 Å². The Morgan fingerprint density at radius 2 is 1.77 bits per heavy atom. The Labute approximate surface area is 196 Å². The molecule has 0 aliphatic carbocycles. The van der Waals surface area contributed by atoms with Crippen LogP contribution in [-0.4, -0.2) is 47.7 Å². The van der Waals surface area contributed by atoms with Crippen LogP contribution in [0, 0.1) is 0 Å². The molecule has 168 valence electrons. The lowest BCUT2D eigenvalue weighted by molar-refractivity contribution is 0.295. The highest BCUT2D eigenvalue weighted by molar-refractivity contribution is 6.31. The summed E-state index contributed by atoms with van der Waals surface area (Å²) in [5, 5.41) is 5.26. The number of halogens is 2. The van der Waals surface area contributed by atoms with E-state index in [-0.39, 0.29) is 12.4 Å². The van der Waals surface area contributed by atoms with E-state index in [1.165, 1.54) is 0 Å². The van der Waals surface area contributed by atoms with E-state index in [0.29, 0.717) is 16.9 Å². The topological polar surface area (TPSA) is 50.3 Å². The smallest absolute Gasteiger partial charge is 0.162 e. The van der Waals surface area contributed by atoms with Gasteiger partial charge >= 0.3 is 0 Å². The van der Waals surface area contributed by atoms with Crippen molar-refractivity contribution < 1.29 is 4.74 Å². The summed E-state index contributed by atoms with van der Waals surface area (Å²) in [4.78, 5) is 12.1. The van der Waals surface area contributed by atoms with Crippen LogP contribution in [0.15, 0.2) is 42.5 Å². The molecule has 3 aromatic rings. The minimum atomic E-state index is 0. The van der Waals surface area contributed by atoms with Crippen molar-refractivity contribution in [1.82, 2.24) is 14.9 Å². The quantitative estimate of drug-likeness (QED) is 0.382. The molecule has 31 heavy (non-hydrogen) atoms. The molecule has 0 amide bonds. The molecule has 0 saturated heterocycles. The Hall–Kier alpha value is -2.08. The van der Waals surface area contributed by atoms with Crippen molar-refractivity contribution in [3.05, 3.63) is 47.5 Å². The number of nitrogens with zero attached hydrogens (tertiary/aromatic N) is 3.